The van der Waals surface area contributed by atoms with E-state index in [-0.39, 0.29) is 18.5 Å². The average molecular weight is 386 g/mol. The second-order valence-corrected chi connectivity index (χ2v) is 7.05. The molecule has 0 saturated heterocycles. The van der Waals surface area contributed by atoms with Gasteiger partial charge >= 0.3 is 0 Å². The van der Waals surface area contributed by atoms with E-state index >= 15 is 0 Å². The summed E-state index contributed by atoms with van der Waals surface area (Å²) in [7, 11) is 1.92. The summed E-state index contributed by atoms with van der Waals surface area (Å²) in [6.45, 7) is 4.24. The summed E-state index contributed by atoms with van der Waals surface area (Å²) in [5.41, 5.74) is 2.73. The van der Waals surface area contributed by atoms with E-state index in [2.05, 4.69) is 15.5 Å². The minimum Gasteiger partial charge on any atom is -0.415 e. The molecule has 0 bridgehead atoms. The number of aryl methyl sites for hydroxylation is 1. The second-order valence-electron chi connectivity index (χ2n) is 6.61. The predicted molar refractivity (Wildman–Crippen MR) is 105 cm³/mol. The van der Waals surface area contributed by atoms with Crippen LogP contribution in [0.1, 0.15) is 24.4 Å². The van der Waals surface area contributed by atoms with Crippen LogP contribution in [0.2, 0.25) is 5.02 Å². The third-order valence-electron chi connectivity index (χ3n) is 4.38. The molecule has 1 aromatic heterocycles. The first-order valence-electron chi connectivity index (χ1n) is 8.70. The van der Waals surface area contributed by atoms with Crippen LogP contribution in [-0.2, 0) is 4.79 Å². The van der Waals surface area contributed by atoms with Gasteiger partial charge in [-0.25, -0.2) is 0 Å². The van der Waals surface area contributed by atoms with E-state index in [1.54, 1.807) is 24.3 Å². The van der Waals surface area contributed by atoms with Gasteiger partial charge in [0.05, 0.1) is 7.05 Å². The molecule has 0 saturated carbocycles. The molecule has 0 aliphatic rings. The number of nitrogens with one attached hydrogen (secondary N) is 2. The SMILES string of the molecule is Cc1cccc(-c2nnc([C@@H](C)[NH+](C)CC(=O)Nc3ccc(Cl)cc3)o2)c1. The highest BCUT2D eigenvalue weighted by Crippen LogP contribution is 2.20. The van der Waals surface area contributed by atoms with Crippen LogP contribution in [0, 0.1) is 6.92 Å². The van der Waals surface area contributed by atoms with Crippen LogP contribution < -0.4 is 10.2 Å². The van der Waals surface area contributed by atoms with Crippen molar-refractivity contribution in [3.8, 4) is 11.5 Å². The minimum atomic E-state index is -0.118. The third kappa shape index (κ3) is 4.93. The molecule has 2 aromatic carbocycles. The van der Waals surface area contributed by atoms with Crippen molar-refractivity contribution in [3.05, 3.63) is 65.0 Å². The van der Waals surface area contributed by atoms with Crippen LogP contribution in [-0.4, -0.2) is 29.7 Å². The third-order valence-corrected chi connectivity index (χ3v) is 4.63. The smallest absolute Gasteiger partial charge is 0.279 e. The van der Waals surface area contributed by atoms with Gasteiger partial charge in [-0.1, -0.05) is 29.3 Å². The van der Waals surface area contributed by atoms with Gasteiger partial charge in [0.25, 0.3) is 11.8 Å². The Labute approximate surface area is 163 Å². The monoisotopic (exact) mass is 385 g/mol. The molecule has 0 aliphatic carbocycles. The van der Waals surface area contributed by atoms with Crippen molar-refractivity contribution in [1.29, 1.82) is 0 Å². The van der Waals surface area contributed by atoms with Gasteiger partial charge in [0, 0.05) is 16.3 Å². The number of hydrogen-bond donors (Lipinski definition) is 2. The number of anilines is 1. The zero-order valence-corrected chi connectivity index (χ0v) is 16.2. The van der Waals surface area contributed by atoms with E-state index in [0.717, 1.165) is 16.0 Å². The Hall–Kier alpha value is -2.70. The number of amides is 1. The van der Waals surface area contributed by atoms with Gasteiger partial charge in [-0.15, -0.1) is 10.2 Å². The van der Waals surface area contributed by atoms with Crippen LogP contribution in [0.4, 0.5) is 5.69 Å². The Morgan fingerprint density at radius 1 is 1.22 bits per heavy atom. The van der Waals surface area contributed by atoms with Gasteiger partial charge in [0.2, 0.25) is 5.89 Å². The zero-order valence-electron chi connectivity index (χ0n) is 15.5. The number of nitrogens with zero attached hydrogens (tertiary/aromatic N) is 2. The molecule has 1 unspecified atom stereocenters. The molecule has 140 valence electrons. The molecule has 27 heavy (non-hydrogen) atoms. The largest absolute Gasteiger partial charge is 0.415 e. The number of halogens is 1. The Morgan fingerprint density at radius 2 is 1.96 bits per heavy atom. The molecule has 7 heteroatoms. The molecular formula is C20H22ClN4O2+. The fraction of sp³-hybridized carbons (Fsp3) is 0.250. The molecule has 0 radical (unpaired) electrons. The molecule has 1 heterocycles. The topological polar surface area (TPSA) is 72.5 Å². The van der Waals surface area contributed by atoms with Crippen molar-refractivity contribution < 1.29 is 14.1 Å². The van der Waals surface area contributed by atoms with Gasteiger partial charge < -0.3 is 14.6 Å². The van der Waals surface area contributed by atoms with Crippen molar-refractivity contribution in [2.45, 2.75) is 19.9 Å². The maximum atomic E-state index is 12.3. The van der Waals surface area contributed by atoms with Crippen molar-refractivity contribution in [3.63, 3.8) is 0 Å². The fourth-order valence-corrected chi connectivity index (χ4v) is 2.79. The van der Waals surface area contributed by atoms with Gasteiger partial charge in [-0.3, -0.25) is 4.79 Å². The normalized spacial score (nSPS) is 13.2. The molecule has 0 fully saturated rings. The highest BCUT2D eigenvalue weighted by Gasteiger charge is 2.24. The lowest BCUT2D eigenvalue weighted by molar-refractivity contribution is -0.903. The van der Waals surface area contributed by atoms with Crippen molar-refractivity contribution in [1.82, 2.24) is 10.2 Å². The number of carbonyl (C=O) groups excluding carboxylic acids is 1. The van der Waals surface area contributed by atoms with Crippen LogP contribution in [0.25, 0.3) is 11.5 Å². The molecule has 3 aromatic rings. The molecule has 2 atom stereocenters. The number of hydrogen-bond acceptors (Lipinski definition) is 4. The van der Waals surface area contributed by atoms with E-state index in [9.17, 15) is 4.79 Å². The molecule has 1 amide bonds. The van der Waals surface area contributed by atoms with E-state index < -0.39 is 0 Å². The number of carbonyl (C=O) groups is 1. The first-order valence-corrected chi connectivity index (χ1v) is 9.08. The van der Waals surface area contributed by atoms with Crippen LogP contribution in [0.15, 0.2) is 52.9 Å². The van der Waals surface area contributed by atoms with E-state index in [4.69, 9.17) is 16.0 Å². The first kappa shape index (κ1) is 19.1. The van der Waals surface area contributed by atoms with Crippen molar-refractivity contribution in [2.24, 2.45) is 0 Å². The van der Waals surface area contributed by atoms with E-state index in [1.807, 2.05) is 45.2 Å². The summed E-state index contributed by atoms with van der Waals surface area (Å²) in [5, 5.41) is 11.8. The first-order chi connectivity index (χ1) is 12.9. The fourth-order valence-electron chi connectivity index (χ4n) is 2.66. The molecule has 0 spiro atoms. The highest BCUT2D eigenvalue weighted by atomic mass is 35.5. The predicted octanol–water partition coefficient (Wildman–Crippen LogP) is 2.91. The van der Waals surface area contributed by atoms with Gasteiger partial charge in [-0.05, 0) is 50.2 Å². The summed E-state index contributed by atoms with van der Waals surface area (Å²) >= 11 is 5.86. The number of quaternary nitrogens is 1. The summed E-state index contributed by atoms with van der Waals surface area (Å²) in [4.78, 5) is 13.2. The van der Waals surface area contributed by atoms with Crippen molar-refractivity contribution in [2.75, 3.05) is 18.9 Å². The minimum absolute atomic E-state index is 0.0971. The second kappa shape index (κ2) is 8.33. The number of likely N-dealkylation sites (N-methyl/N-ethyl adjacent to an activating group) is 1. The summed E-state index contributed by atoms with van der Waals surface area (Å²) in [5.74, 6) is 0.891. The molecule has 2 N–H and O–H groups in total. The summed E-state index contributed by atoms with van der Waals surface area (Å²) < 4.78 is 5.83. The Balaban J connectivity index is 1.62. The maximum Gasteiger partial charge on any atom is 0.279 e. The lowest BCUT2D eigenvalue weighted by Gasteiger charge is -2.18. The quantitative estimate of drug-likeness (QED) is 0.684. The maximum absolute atomic E-state index is 12.3. The van der Waals surface area contributed by atoms with E-state index in [0.29, 0.717) is 22.5 Å². The zero-order chi connectivity index (χ0) is 19.4. The summed E-state index contributed by atoms with van der Waals surface area (Å²) in [6.07, 6.45) is 0. The lowest BCUT2D eigenvalue weighted by Crippen LogP contribution is -3.10. The lowest BCUT2D eigenvalue weighted by atomic mass is 10.1. The van der Waals surface area contributed by atoms with Crippen molar-refractivity contribution >= 4 is 23.2 Å². The van der Waals surface area contributed by atoms with Crippen LogP contribution >= 0.6 is 11.6 Å². The Morgan fingerprint density at radius 3 is 2.67 bits per heavy atom. The molecule has 0 aliphatic heterocycles. The molecule has 3 rings (SSSR count). The Kier molecular flexibility index (Phi) is 5.88. The number of aromatic nitrogens is 2. The number of rotatable bonds is 6. The molecule has 6 nitrogen and oxygen atoms in total. The van der Waals surface area contributed by atoms with Gasteiger partial charge in [0.15, 0.2) is 12.6 Å². The van der Waals surface area contributed by atoms with Crippen LogP contribution in [0.5, 0.6) is 0 Å². The van der Waals surface area contributed by atoms with E-state index in [1.165, 1.54) is 0 Å². The Bertz CT molecular complexity index is 924. The van der Waals surface area contributed by atoms with Crippen LogP contribution in [0.3, 0.4) is 0 Å². The van der Waals surface area contributed by atoms with Gasteiger partial charge in [-0.2, -0.15) is 0 Å². The summed E-state index contributed by atoms with van der Waals surface area (Å²) in [6, 6.07) is 14.8. The number of benzene rings is 2. The highest BCUT2D eigenvalue weighted by molar-refractivity contribution is 6.30. The van der Waals surface area contributed by atoms with Gasteiger partial charge in [0.1, 0.15) is 0 Å². The average Bonchev–Trinajstić information content (AvgIpc) is 3.13. The standard InChI is InChI=1S/C20H21ClN4O2/c1-13-5-4-6-15(11-13)20-24-23-19(27-20)14(2)25(3)12-18(26)22-17-9-7-16(21)8-10-17/h4-11,14H,12H2,1-3H3,(H,22,26)/p+1/t14-/m1/s1. The molecular weight excluding hydrogens is 364 g/mol.